The first-order valence-electron chi connectivity index (χ1n) is 8.34. The summed E-state index contributed by atoms with van der Waals surface area (Å²) in [6.45, 7) is 1.93. The average molecular weight is 430 g/mol. The maximum atomic E-state index is 12.1. The fourth-order valence-electron chi connectivity index (χ4n) is 2.31. The normalized spacial score (nSPS) is 10.3. The number of nitrogens with one attached hydrogen (secondary N) is 2. The molecule has 3 rings (SSSR count). The van der Waals surface area contributed by atoms with Crippen LogP contribution >= 0.6 is 34.7 Å². The van der Waals surface area contributed by atoms with Gasteiger partial charge in [-0.05, 0) is 36.8 Å². The van der Waals surface area contributed by atoms with Gasteiger partial charge in [0.15, 0.2) is 4.34 Å². The third-order valence-corrected chi connectivity index (χ3v) is 6.18. The fourth-order valence-corrected chi connectivity index (χ4v) is 4.26. The number of benzene rings is 2. The van der Waals surface area contributed by atoms with E-state index in [1.54, 1.807) is 24.3 Å². The summed E-state index contributed by atoms with van der Waals surface area (Å²) in [6.07, 6.45) is 0.306. The Hall–Kier alpha value is -2.60. The maximum Gasteiger partial charge on any atom is 0.225 e. The average Bonchev–Trinajstić information content (AvgIpc) is 3.13. The van der Waals surface area contributed by atoms with Gasteiger partial charge in [0.25, 0.3) is 0 Å². The smallest absolute Gasteiger partial charge is 0.225 e. The summed E-state index contributed by atoms with van der Waals surface area (Å²) in [7, 11) is 0. The molecule has 1 aromatic heterocycles. The minimum absolute atomic E-state index is 0.146. The second kappa shape index (κ2) is 9.55. The van der Waals surface area contributed by atoms with Crippen LogP contribution in [-0.4, -0.2) is 21.9 Å². The minimum atomic E-state index is -0.146. The van der Waals surface area contributed by atoms with E-state index in [-0.39, 0.29) is 5.91 Å². The molecule has 1 amide bonds. The summed E-state index contributed by atoms with van der Waals surface area (Å²) in [5, 5.41) is 24.7. The number of thioether (sulfide) groups is 1. The quantitative estimate of drug-likeness (QED) is 0.499. The zero-order valence-electron chi connectivity index (χ0n) is 14.9. The van der Waals surface area contributed by atoms with E-state index in [9.17, 15) is 4.79 Å². The molecular weight excluding hydrogens is 414 g/mol. The molecule has 2 N–H and O–H groups in total. The van der Waals surface area contributed by atoms with Crippen molar-refractivity contribution in [2.45, 2.75) is 17.7 Å². The second-order valence-electron chi connectivity index (χ2n) is 5.71. The molecule has 142 valence electrons. The SMILES string of the molecule is Cc1c(Cl)cccc1Nc1nnc(SCCC(=O)Nc2ccccc2C#N)s1. The Morgan fingerprint density at radius 3 is 2.82 bits per heavy atom. The molecule has 0 aliphatic carbocycles. The minimum Gasteiger partial charge on any atom is -0.330 e. The van der Waals surface area contributed by atoms with E-state index in [0.717, 1.165) is 15.6 Å². The Kier molecular flexibility index (Phi) is 6.87. The molecule has 0 saturated heterocycles. The first-order chi connectivity index (χ1) is 13.6. The zero-order valence-corrected chi connectivity index (χ0v) is 17.3. The molecule has 2 aromatic carbocycles. The number of carbonyl (C=O) groups is 1. The van der Waals surface area contributed by atoms with Crippen LogP contribution in [0.1, 0.15) is 17.5 Å². The summed E-state index contributed by atoms with van der Waals surface area (Å²) >= 11 is 9.00. The lowest BCUT2D eigenvalue weighted by atomic mass is 10.2. The van der Waals surface area contributed by atoms with Crippen LogP contribution in [0, 0.1) is 18.3 Å². The summed E-state index contributed by atoms with van der Waals surface area (Å²) in [6, 6.07) is 14.6. The molecule has 1 heterocycles. The number of nitriles is 1. The van der Waals surface area contributed by atoms with Gasteiger partial charge in [-0.2, -0.15) is 5.26 Å². The largest absolute Gasteiger partial charge is 0.330 e. The summed E-state index contributed by atoms with van der Waals surface area (Å²) < 4.78 is 0.771. The van der Waals surface area contributed by atoms with Crippen molar-refractivity contribution in [3.05, 3.63) is 58.6 Å². The van der Waals surface area contributed by atoms with E-state index in [0.29, 0.717) is 33.6 Å². The van der Waals surface area contributed by atoms with Gasteiger partial charge in [0.1, 0.15) is 6.07 Å². The van der Waals surface area contributed by atoms with Crippen molar-refractivity contribution in [2.24, 2.45) is 0 Å². The van der Waals surface area contributed by atoms with Crippen molar-refractivity contribution >= 4 is 57.1 Å². The molecule has 0 spiro atoms. The highest BCUT2D eigenvalue weighted by Gasteiger charge is 2.10. The number of anilines is 3. The van der Waals surface area contributed by atoms with Gasteiger partial charge in [0, 0.05) is 22.9 Å². The van der Waals surface area contributed by atoms with Gasteiger partial charge in [-0.1, -0.05) is 52.9 Å². The van der Waals surface area contributed by atoms with Gasteiger partial charge in [-0.15, -0.1) is 10.2 Å². The number of carbonyl (C=O) groups excluding carboxylic acids is 1. The number of hydrogen-bond donors (Lipinski definition) is 2. The molecule has 0 bridgehead atoms. The molecule has 3 aromatic rings. The van der Waals surface area contributed by atoms with Crippen LogP contribution in [-0.2, 0) is 4.79 Å². The fraction of sp³-hybridized carbons (Fsp3) is 0.158. The number of rotatable bonds is 7. The molecule has 0 atom stereocenters. The van der Waals surface area contributed by atoms with Gasteiger partial charge in [-0.25, -0.2) is 0 Å². The highest BCUT2D eigenvalue weighted by Crippen LogP contribution is 2.30. The third-order valence-electron chi connectivity index (χ3n) is 3.79. The molecule has 0 radical (unpaired) electrons. The molecule has 0 unspecified atom stereocenters. The van der Waals surface area contributed by atoms with E-state index >= 15 is 0 Å². The third kappa shape index (κ3) is 5.23. The second-order valence-corrected chi connectivity index (χ2v) is 8.44. The highest BCUT2D eigenvalue weighted by molar-refractivity contribution is 8.01. The first-order valence-corrected chi connectivity index (χ1v) is 10.5. The Morgan fingerprint density at radius 1 is 1.21 bits per heavy atom. The molecule has 9 heteroatoms. The lowest BCUT2D eigenvalue weighted by Crippen LogP contribution is -2.13. The Morgan fingerprint density at radius 2 is 2.00 bits per heavy atom. The van der Waals surface area contributed by atoms with Crippen molar-refractivity contribution in [1.82, 2.24) is 10.2 Å². The van der Waals surface area contributed by atoms with E-state index in [2.05, 4.69) is 26.9 Å². The monoisotopic (exact) mass is 429 g/mol. The lowest BCUT2D eigenvalue weighted by Gasteiger charge is -2.07. The van der Waals surface area contributed by atoms with Gasteiger partial charge in [0.05, 0.1) is 11.3 Å². The van der Waals surface area contributed by atoms with Crippen molar-refractivity contribution in [3.63, 3.8) is 0 Å². The van der Waals surface area contributed by atoms with Crippen LogP contribution in [0.5, 0.6) is 0 Å². The highest BCUT2D eigenvalue weighted by atomic mass is 35.5. The number of halogens is 1. The van der Waals surface area contributed by atoms with Crippen molar-refractivity contribution in [2.75, 3.05) is 16.4 Å². The van der Waals surface area contributed by atoms with E-state index in [1.165, 1.54) is 23.1 Å². The lowest BCUT2D eigenvalue weighted by molar-refractivity contribution is -0.115. The van der Waals surface area contributed by atoms with Crippen LogP contribution < -0.4 is 10.6 Å². The Labute approximate surface area is 175 Å². The van der Waals surface area contributed by atoms with E-state index in [1.807, 2.05) is 25.1 Å². The Balaban J connectivity index is 1.50. The van der Waals surface area contributed by atoms with Crippen molar-refractivity contribution in [1.29, 1.82) is 5.26 Å². The Bertz CT molecular complexity index is 1030. The summed E-state index contributed by atoms with van der Waals surface area (Å²) in [4.78, 5) is 12.1. The predicted octanol–water partition coefficient (Wildman–Crippen LogP) is 5.24. The molecule has 0 aliphatic heterocycles. The standard InChI is InChI=1S/C19H16ClN5OS2/c1-12-14(20)6-4-8-15(12)23-18-24-25-19(28-18)27-10-9-17(26)22-16-7-3-2-5-13(16)11-21/h2-8H,9-10H2,1H3,(H,22,26)(H,23,24). The van der Waals surface area contributed by atoms with Crippen LogP contribution in [0.3, 0.4) is 0 Å². The van der Waals surface area contributed by atoms with Crippen LogP contribution in [0.4, 0.5) is 16.5 Å². The maximum absolute atomic E-state index is 12.1. The molecule has 28 heavy (non-hydrogen) atoms. The molecule has 0 fully saturated rings. The van der Waals surface area contributed by atoms with E-state index < -0.39 is 0 Å². The van der Waals surface area contributed by atoms with Crippen LogP contribution in [0.2, 0.25) is 5.02 Å². The molecule has 0 saturated carbocycles. The van der Waals surface area contributed by atoms with Gasteiger partial charge < -0.3 is 10.6 Å². The number of nitrogens with zero attached hydrogens (tertiary/aromatic N) is 3. The number of hydrogen-bond acceptors (Lipinski definition) is 7. The zero-order chi connectivity index (χ0) is 19.9. The van der Waals surface area contributed by atoms with Crippen molar-refractivity contribution in [3.8, 4) is 6.07 Å². The van der Waals surface area contributed by atoms with E-state index in [4.69, 9.17) is 16.9 Å². The van der Waals surface area contributed by atoms with Crippen LogP contribution in [0.15, 0.2) is 46.8 Å². The number of para-hydroxylation sites is 1. The van der Waals surface area contributed by atoms with Gasteiger partial charge >= 0.3 is 0 Å². The molecule has 6 nitrogen and oxygen atoms in total. The van der Waals surface area contributed by atoms with Crippen LogP contribution in [0.25, 0.3) is 0 Å². The van der Waals surface area contributed by atoms with Crippen molar-refractivity contribution < 1.29 is 4.79 Å². The topological polar surface area (TPSA) is 90.7 Å². The molecule has 0 aliphatic rings. The summed E-state index contributed by atoms with van der Waals surface area (Å²) in [5.41, 5.74) is 2.80. The number of amides is 1. The van der Waals surface area contributed by atoms with Gasteiger partial charge in [-0.3, -0.25) is 4.79 Å². The predicted molar refractivity (Wildman–Crippen MR) is 115 cm³/mol. The summed E-state index contributed by atoms with van der Waals surface area (Å²) in [5.74, 6) is 0.415. The first kappa shape index (κ1) is 20.1. The number of aromatic nitrogens is 2. The van der Waals surface area contributed by atoms with Gasteiger partial charge in [0.2, 0.25) is 11.0 Å². The molecular formula is C19H16ClN5OS2.